The summed E-state index contributed by atoms with van der Waals surface area (Å²) in [4.78, 5) is 4.54. The highest BCUT2D eigenvalue weighted by Gasteiger charge is 2.12. The van der Waals surface area contributed by atoms with Crippen LogP contribution in [-0.2, 0) is 0 Å². The minimum atomic E-state index is 0.0328. The van der Waals surface area contributed by atoms with E-state index in [1.54, 1.807) is 0 Å². The quantitative estimate of drug-likeness (QED) is 0.909. The third-order valence-corrected chi connectivity index (χ3v) is 3.48. The summed E-state index contributed by atoms with van der Waals surface area (Å²) in [5.74, 6) is 1.16. The fourth-order valence-corrected chi connectivity index (χ4v) is 2.17. The molecule has 0 aliphatic heterocycles. The number of rotatable bonds is 4. The van der Waals surface area contributed by atoms with Crippen LogP contribution in [0.25, 0.3) is 10.9 Å². The van der Waals surface area contributed by atoms with E-state index in [4.69, 9.17) is 0 Å². The molecule has 96 valence electrons. The lowest BCUT2D eigenvalue weighted by molar-refractivity contribution is 0.249. The summed E-state index contributed by atoms with van der Waals surface area (Å²) >= 11 is 3.45. The largest absolute Gasteiger partial charge is 0.394 e. The normalized spacial score (nSPS) is 12.9. The zero-order valence-electron chi connectivity index (χ0n) is 10.5. The number of anilines is 1. The molecule has 1 atom stereocenters. The van der Waals surface area contributed by atoms with E-state index in [1.165, 1.54) is 0 Å². The Morgan fingerprint density at radius 3 is 2.72 bits per heavy atom. The summed E-state index contributed by atoms with van der Waals surface area (Å²) in [6.45, 7) is 4.26. The molecular formula is C14H17BrN2O. The molecule has 1 aromatic carbocycles. The first kappa shape index (κ1) is 13.3. The van der Waals surface area contributed by atoms with Crippen LogP contribution >= 0.6 is 15.9 Å². The number of aromatic nitrogens is 1. The summed E-state index contributed by atoms with van der Waals surface area (Å²) in [6, 6.07) is 10.0. The number of benzene rings is 1. The van der Waals surface area contributed by atoms with Gasteiger partial charge in [0, 0.05) is 9.86 Å². The van der Waals surface area contributed by atoms with E-state index in [9.17, 15) is 5.11 Å². The average molecular weight is 309 g/mol. The van der Waals surface area contributed by atoms with Gasteiger partial charge in [0.1, 0.15) is 5.82 Å². The van der Waals surface area contributed by atoms with Crippen molar-refractivity contribution in [1.29, 1.82) is 0 Å². The van der Waals surface area contributed by atoms with Crippen LogP contribution in [0.15, 0.2) is 34.8 Å². The molecule has 2 rings (SSSR count). The van der Waals surface area contributed by atoms with Crippen molar-refractivity contribution >= 4 is 32.7 Å². The van der Waals surface area contributed by atoms with Crippen LogP contribution in [0.1, 0.15) is 13.8 Å². The molecule has 0 saturated heterocycles. The molecule has 0 unspecified atom stereocenters. The Morgan fingerprint density at radius 1 is 1.28 bits per heavy atom. The van der Waals surface area contributed by atoms with Crippen LogP contribution in [0.3, 0.4) is 0 Å². The Morgan fingerprint density at radius 2 is 2.06 bits per heavy atom. The fourth-order valence-electron chi connectivity index (χ4n) is 1.79. The number of hydrogen-bond donors (Lipinski definition) is 2. The van der Waals surface area contributed by atoms with E-state index in [0.29, 0.717) is 5.92 Å². The van der Waals surface area contributed by atoms with E-state index >= 15 is 0 Å². The summed E-state index contributed by atoms with van der Waals surface area (Å²) in [5, 5.41) is 13.7. The van der Waals surface area contributed by atoms with Gasteiger partial charge in [0.25, 0.3) is 0 Å². The van der Waals surface area contributed by atoms with Crippen LogP contribution in [-0.4, -0.2) is 22.7 Å². The van der Waals surface area contributed by atoms with Gasteiger partial charge in [-0.15, -0.1) is 0 Å². The van der Waals surface area contributed by atoms with Gasteiger partial charge in [0.15, 0.2) is 0 Å². The third-order valence-electron chi connectivity index (χ3n) is 2.99. The monoisotopic (exact) mass is 308 g/mol. The number of aliphatic hydroxyl groups is 1. The maximum Gasteiger partial charge on any atom is 0.126 e. The van der Waals surface area contributed by atoms with Gasteiger partial charge in [-0.05, 0) is 36.2 Å². The van der Waals surface area contributed by atoms with Gasteiger partial charge in [-0.2, -0.15) is 0 Å². The van der Waals surface area contributed by atoms with Crippen LogP contribution in [0.4, 0.5) is 5.82 Å². The topological polar surface area (TPSA) is 45.1 Å². The maximum absolute atomic E-state index is 9.31. The first-order valence-corrected chi connectivity index (χ1v) is 6.83. The number of nitrogens with zero attached hydrogens (tertiary/aromatic N) is 1. The highest BCUT2D eigenvalue weighted by molar-refractivity contribution is 9.10. The molecule has 0 bridgehead atoms. The van der Waals surface area contributed by atoms with E-state index in [0.717, 1.165) is 21.2 Å². The minimum Gasteiger partial charge on any atom is -0.394 e. The lowest BCUT2D eigenvalue weighted by Crippen LogP contribution is -2.29. The number of pyridine rings is 1. The second kappa shape index (κ2) is 5.67. The molecule has 1 aromatic heterocycles. The van der Waals surface area contributed by atoms with Gasteiger partial charge in [0.05, 0.1) is 18.2 Å². The van der Waals surface area contributed by atoms with Gasteiger partial charge in [-0.25, -0.2) is 4.98 Å². The Balaban J connectivity index is 2.27. The standard InChI is InChI=1S/C14H17BrN2O/c1-9(2)13(8-18)17-14-6-3-10-7-11(15)4-5-12(10)16-14/h3-7,9,13,18H,8H2,1-2H3,(H,16,17)/t13-/m1/s1. The number of halogens is 1. The molecule has 4 heteroatoms. The van der Waals surface area contributed by atoms with E-state index in [-0.39, 0.29) is 12.6 Å². The molecule has 18 heavy (non-hydrogen) atoms. The molecule has 0 spiro atoms. The molecule has 0 radical (unpaired) electrons. The van der Waals surface area contributed by atoms with Crippen molar-refractivity contribution < 1.29 is 5.11 Å². The minimum absolute atomic E-state index is 0.0328. The lowest BCUT2D eigenvalue weighted by atomic mass is 10.1. The van der Waals surface area contributed by atoms with Gasteiger partial charge in [-0.3, -0.25) is 0 Å². The summed E-state index contributed by atoms with van der Waals surface area (Å²) < 4.78 is 1.05. The molecule has 0 fully saturated rings. The molecule has 2 aromatic rings. The number of fused-ring (bicyclic) bond motifs is 1. The van der Waals surface area contributed by atoms with Crippen LogP contribution < -0.4 is 5.32 Å². The molecule has 0 amide bonds. The first-order chi connectivity index (χ1) is 8.60. The van der Waals surface area contributed by atoms with Gasteiger partial charge in [0.2, 0.25) is 0 Å². The van der Waals surface area contributed by atoms with E-state index in [2.05, 4.69) is 40.1 Å². The molecule has 1 heterocycles. The summed E-state index contributed by atoms with van der Waals surface area (Å²) in [5.41, 5.74) is 0.948. The lowest BCUT2D eigenvalue weighted by Gasteiger charge is -2.20. The average Bonchev–Trinajstić information content (AvgIpc) is 2.35. The van der Waals surface area contributed by atoms with Gasteiger partial charge in [-0.1, -0.05) is 29.8 Å². The zero-order chi connectivity index (χ0) is 13.1. The number of nitrogens with one attached hydrogen (secondary N) is 1. The molecule has 0 aliphatic rings. The molecule has 0 aliphatic carbocycles. The Bertz CT molecular complexity index is 542. The smallest absolute Gasteiger partial charge is 0.126 e. The summed E-state index contributed by atoms with van der Waals surface area (Å²) in [6.07, 6.45) is 0. The molecule has 2 N–H and O–H groups in total. The van der Waals surface area contributed by atoms with Crippen molar-refractivity contribution in [2.24, 2.45) is 5.92 Å². The van der Waals surface area contributed by atoms with Crippen molar-refractivity contribution in [3.8, 4) is 0 Å². The predicted molar refractivity (Wildman–Crippen MR) is 78.8 cm³/mol. The van der Waals surface area contributed by atoms with Gasteiger partial charge < -0.3 is 10.4 Å². The predicted octanol–water partition coefficient (Wildman–Crippen LogP) is 3.43. The Kier molecular flexibility index (Phi) is 4.19. The van der Waals surface area contributed by atoms with Crippen molar-refractivity contribution in [2.45, 2.75) is 19.9 Å². The number of aliphatic hydroxyl groups excluding tert-OH is 1. The summed E-state index contributed by atoms with van der Waals surface area (Å²) in [7, 11) is 0. The third kappa shape index (κ3) is 3.00. The number of hydrogen-bond acceptors (Lipinski definition) is 3. The van der Waals surface area contributed by atoms with Crippen molar-refractivity contribution in [1.82, 2.24) is 4.98 Å². The first-order valence-electron chi connectivity index (χ1n) is 6.04. The second-order valence-corrected chi connectivity index (χ2v) is 5.63. The van der Waals surface area contributed by atoms with Crippen molar-refractivity contribution in [3.05, 3.63) is 34.8 Å². The molecule has 0 saturated carbocycles. The van der Waals surface area contributed by atoms with Crippen LogP contribution in [0.5, 0.6) is 0 Å². The Hall–Kier alpha value is -1.13. The molecular weight excluding hydrogens is 292 g/mol. The van der Waals surface area contributed by atoms with E-state index in [1.807, 2.05) is 30.3 Å². The van der Waals surface area contributed by atoms with E-state index < -0.39 is 0 Å². The van der Waals surface area contributed by atoms with Crippen LogP contribution in [0.2, 0.25) is 0 Å². The highest BCUT2D eigenvalue weighted by atomic mass is 79.9. The fraction of sp³-hybridized carbons (Fsp3) is 0.357. The highest BCUT2D eigenvalue weighted by Crippen LogP contribution is 2.20. The molecule has 3 nitrogen and oxygen atoms in total. The Labute approximate surface area is 115 Å². The van der Waals surface area contributed by atoms with Crippen molar-refractivity contribution in [2.75, 3.05) is 11.9 Å². The second-order valence-electron chi connectivity index (χ2n) is 4.71. The zero-order valence-corrected chi connectivity index (χ0v) is 12.1. The SMILES string of the molecule is CC(C)[C@@H](CO)Nc1ccc2cc(Br)ccc2n1. The van der Waals surface area contributed by atoms with Crippen LogP contribution in [0, 0.1) is 5.92 Å². The maximum atomic E-state index is 9.31. The van der Waals surface area contributed by atoms with Crippen molar-refractivity contribution in [3.63, 3.8) is 0 Å². The van der Waals surface area contributed by atoms with Gasteiger partial charge >= 0.3 is 0 Å².